The molecule has 0 spiro atoms. The van der Waals surface area contributed by atoms with Gasteiger partial charge in [-0.2, -0.15) is 5.10 Å². The normalized spacial score (nSPS) is 16.8. The van der Waals surface area contributed by atoms with Crippen LogP contribution in [0.3, 0.4) is 0 Å². The number of aromatic nitrogens is 3. The lowest BCUT2D eigenvalue weighted by atomic mass is 10.0. The number of carbonyl (C=O) groups excluding carboxylic acids is 1. The topological polar surface area (TPSA) is 59.8 Å². The third kappa shape index (κ3) is 3.12. The molecule has 0 radical (unpaired) electrons. The van der Waals surface area contributed by atoms with Gasteiger partial charge in [0.1, 0.15) is 12.7 Å². The van der Waals surface area contributed by atoms with E-state index < -0.39 is 0 Å². The first kappa shape index (κ1) is 13.8. The summed E-state index contributed by atoms with van der Waals surface area (Å²) in [6, 6.07) is 8.06. The van der Waals surface area contributed by atoms with E-state index in [2.05, 4.69) is 15.4 Å². The van der Waals surface area contributed by atoms with Gasteiger partial charge in [0, 0.05) is 5.92 Å². The Morgan fingerprint density at radius 1 is 1.29 bits per heavy atom. The second-order valence-electron chi connectivity index (χ2n) is 5.64. The van der Waals surface area contributed by atoms with Gasteiger partial charge in [-0.25, -0.2) is 9.67 Å². The number of rotatable bonds is 4. The predicted octanol–water partition coefficient (Wildman–Crippen LogP) is 2.63. The van der Waals surface area contributed by atoms with Crippen LogP contribution in [0, 0.1) is 5.92 Å². The molecule has 21 heavy (non-hydrogen) atoms. The highest BCUT2D eigenvalue weighted by Crippen LogP contribution is 2.25. The lowest BCUT2D eigenvalue weighted by molar-refractivity contribution is -0.125. The van der Waals surface area contributed by atoms with Crippen molar-refractivity contribution in [2.24, 2.45) is 5.92 Å². The van der Waals surface area contributed by atoms with Gasteiger partial charge in [-0.15, -0.1) is 0 Å². The highest BCUT2D eigenvalue weighted by atomic mass is 16.1. The lowest BCUT2D eigenvalue weighted by Crippen LogP contribution is -2.31. The molecule has 1 N–H and O–H groups in total. The molecule has 2 aromatic rings. The van der Waals surface area contributed by atoms with E-state index in [-0.39, 0.29) is 17.9 Å². The summed E-state index contributed by atoms with van der Waals surface area (Å²) in [5, 5.41) is 7.22. The van der Waals surface area contributed by atoms with Crippen molar-refractivity contribution >= 4 is 5.91 Å². The van der Waals surface area contributed by atoms with Crippen molar-refractivity contribution in [1.29, 1.82) is 0 Å². The molecule has 1 aromatic carbocycles. The van der Waals surface area contributed by atoms with Gasteiger partial charge < -0.3 is 5.32 Å². The summed E-state index contributed by atoms with van der Waals surface area (Å²) in [4.78, 5) is 16.1. The van der Waals surface area contributed by atoms with E-state index in [0.29, 0.717) is 0 Å². The van der Waals surface area contributed by atoms with E-state index >= 15 is 0 Å². The molecule has 0 bridgehead atoms. The van der Waals surface area contributed by atoms with Gasteiger partial charge in [0.25, 0.3) is 0 Å². The van der Waals surface area contributed by atoms with Crippen molar-refractivity contribution in [3.05, 3.63) is 42.5 Å². The Balaban J connectivity index is 1.64. The monoisotopic (exact) mass is 284 g/mol. The van der Waals surface area contributed by atoms with E-state index in [4.69, 9.17) is 0 Å². The molecule has 0 saturated heterocycles. The molecule has 1 saturated carbocycles. The molecule has 1 aliphatic carbocycles. The molecule has 110 valence electrons. The Labute approximate surface area is 124 Å². The van der Waals surface area contributed by atoms with Gasteiger partial charge in [0.15, 0.2) is 0 Å². The molecule has 1 aliphatic rings. The van der Waals surface area contributed by atoms with E-state index in [1.807, 2.05) is 31.2 Å². The van der Waals surface area contributed by atoms with Gasteiger partial charge >= 0.3 is 0 Å². The average molecular weight is 284 g/mol. The number of hydrogen-bond acceptors (Lipinski definition) is 3. The van der Waals surface area contributed by atoms with Crippen LogP contribution in [0.1, 0.15) is 44.2 Å². The van der Waals surface area contributed by atoms with Crippen LogP contribution in [0.5, 0.6) is 0 Å². The van der Waals surface area contributed by atoms with Crippen LogP contribution in [0.4, 0.5) is 0 Å². The summed E-state index contributed by atoms with van der Waals surface area (Å²) in [5.74, 6) is 0.405. The second kappa shape index (κ2) is 6.08. The fourth-order valence-electron chi connectivity index (χ4n) is 2.86. The highest BCUT2D eigenvalue weighted by Gasteiger charge is 2.23. The SMILES string of the molecule is C[C@H](NC(=O)C1CCCC1)c1ccc(-n2cncn2)cc1. The largest absolute Gasteiger partial charge is 0.349 e. The summed E-state index contributed by atoms with van der Waals surface area (Å²) in [7, 11) is 0. The molecule has 5 heteroatoms. The molecule has 1 atom stereocenters. The summed E-state index contributed by atoms with van der Waals surface area (Å²) < 4.78 is 1.71. The van der Waals surface area contributed by atoms with Crippen molar-refractivity contribution in [2.45, 2.75) is 38.6 Å². The summed E-state index contributed by atoms with van der Waals surface area (Å²) >= 11 is 0. The smallest absolute Gasteiger partial charge is 0.223 e. The van der Waals surface area contributed by atoms with Crippen LogP contribution in [-0.4, -0.2) is 20.7 Å². The maximum Gasteiger partial charge on any atom is 0.223 e. The van der Waals surface area contributed by atoms with E-state index in [9.17, 15) is 4.79 Å². The van der Waals surface area contributed by atoms with Crippen molar-refractivity contribution in [1.82, 2.24) is 20.1 Å². The molecule has 3 rings (SSSR count). The average Bonchev–Trinajstić information content (AvgIpc) is 3.20. The van der Waals surface area contributed by atoms with E-state index in [1.54, 1.807) is 11.0 Å². The Hall–Kier alpha value is -2.17. The minimum atomic E-state index is 0.0305. The lowest BCUT2D eigenvalue weighted by Gasteiger charge is -2.17. The third-order valence-electron chi connectivity index (χ3n) is 4.16. The van der Waals surface area contributed by atoms with Crippen molar-refractivity contribution < 1.29 is 4.79 Å². The summed E-state index contributed by atoms with van der Waals surface area (Å²) in [6.45, 7) is 2.03. The number of carbonyl (C=O) groups is 1. The van der Waals surface area contributed by atoms with E-state index in [1.165, 1.54) is 19.2 Å². The van der Waals surface area contributed by atoms with Crippen molar-refractivity contribution in [2.75, 3.05) is 0 Å². The Kier molecular flexibility index (Phi) is 3.99. The van der Waals surface area contributed by atoms with Gasteiger partial charge in [0.2, 0.25) is 5.91 Å². The van der Waals surface area contributed by atoms with Crippen LogP contribution in [0.25, 0.3) is 5.69 Å². The van der Waals surface area contributed by atoms with Gasteiger partial charge in [0.05, 0.1) is 11.7 Å². The number of amides is 1. The zero-order valence-electron chi connectivity index (χ0n) is 12.2. The van der Waals surface area contributed by atoms with Crippen molar-refractivity contribution in [3.63, 3.8) is 0 Å². The van der Waals surface area contributed by atoms with Gasteiger partial charge in [-0.05, 0) is 37.5 Å². The van der Waals surface area contributed by atoms with Crippen LogP contribution < -0.4 is 5.32 Å². The van der Waals surface area contributed by atoms with Gasteiger partial charge in [-0.3, -0.25) is 4.79 Å². The predicted molar refractivity (Wildman–Crippen MR) is 79.9 cm³/mol. The minimum Gasteiger partial charge on any atom is -0.349 e. The molecule has 1 amide bonds. The molecular formula is C16H20N4O. The Morgan fingerprint density at radius 3 is 2.62 bits per heavy atom. The van der Waals surface area contributed by atoms with Crippen LogP contribution >= 0.6 is 0 Å². The van der Waals surface area contributed by atoms with Gasteiger partial charge in [-0.1, -0.05) is 25.0 Å². The van der Waals surface area contributed by atoms with Crippen LogP contribution in [-0.2, 0) is 4.79 Å². The molecule has 1 aromatic heterocycles. The number of hydrogen-bond donors (Lipinski definition) is 1. The van der Waals surface area contributed by atoms with Crippen molar-refractivity contribution in [3.8, 4) is 5.69 Å². The number of benzene rings is 1. The molecule has 0 unspecified atom stereocenters. The zero-order valence-corrected chi connectivity index (χ0v) is 12.2. The molecule has 5 nitrogen and oxygen atoms in total. The molecule has 1 heterocycles. The first-order valence-electron chi connectivity index (χ1n) is 7.49. The molecular weight excluding hydrogens is 264 g/mol. The minimum absolute atomic E-state index is 0.0305. The third-order valence-corrected chi connectivity index (χ3v) is 4.16. The Morgan fingerprint density at radius 2 is 2.00 bits per heavy atom. The second-order valence-corrected chi connectivity index (χ2v) is 5.64. The fourth-order valence-corrected chi connectivity index (χ4v) is 2.86. The Bertz CT molecular complexity index is 585. The summed E-state index contributed by atoms with van der Waals surface area (Å²) in [5.41, 5.74) is 2.07. The number of nitrogens with zero attached hydrogens (tertiary/aromatic N) is 3. The zero-order chi connectivity index (χ0) is 14.7. The number of nitrogens with one attached hydrogen (secondary N) is 1. The maximum absolute atomic E-state index is 12.1. The standard InChI is InChI=1S/C16H20N4O/c1-12(19-16(21)14-4-2-3-5-14)13-6-8-15(9-7-13)20-11-17-10-18-20/h6-12,14H,2-5H2,1H3,(H,19,21)/t12-/m0/s1. The quantitative estimate of drug-likeness (QED) is 0.939. The first-order chi connectivity index (χ1) is 10.2. The molecule has 1 fully saturated rings. The highest BCUT2D eigenvalue weighted by molar-refractivity contribution is 5.79. The van der Waals surface area contributed by atoms with Crippen LogP contribution in [0.15, 0.2) is 36.9 Å². The van der Waals surface area contributed by atoms with E-state index in [0.717, 1.165) is 24.1 Å². The first-order valence-corrected chi connectivity index (χ1v) is 7.49. The summed E-state index contributed by atoms with van der Waals surface area (Å²) in [6.07, 6.45) is 7.60. The van der Waals surface area contributed by atoms with Crippen LogP contribution in [0.2, 0.25) is 0 Å². The maximum atomic E-state index is 12.1. The fraction of sp³-hybridized carbons (Fsp3) is 0.438. The molecule has 0 aliphatic heterocycles.